The third-order valence-corrected chi connectivity index (χ3v) is 6.79. The first-order valence-corrected chi connectivity index (χ1v) is 13.2. The zero-order valence-corrected chi connectivity index (χ0v) is 22.5. The van der Waals surface area contributed by atoms with Gasteiger partial charge < -0.3 is 31.6 Å². The van der Waals surface area contributed by atoms with Crippen LogP contribution in [0.3, 0.4) is 0 Å². The Morgan fingerprint density at radius 3 is 2.23 bits per heavy atom. The standard InChI is InChI=1S/C29H34N6O5/c1-16(2)14-22(34-26(37)24-19-10-5-3-8-17(19)18-9-4-6-11-20(18)24)27-35-23(15-40-27)25(36)33-21(28(38)39)12-7-13-32-29(30)31/h3-6,8-11,15-16,21-22,24H,7,12-14H2,1-2H3,(H,33,36)(H,34,37)(H,38,39)(H4,30,31,32)/p+1/t21-,22?/m0/s1. The Hall–Kier alpha value is -4.67. The van der Waals surface area contributed by atoms with Crippen molar-refractivity contribution in [2.75, 3.05) is 6.54 Å². The minimum absolute atomic E-state index is 0.0463. The number of amides is 2. The third-order valence-electron chi connectivity index (χ3n) is 6.79. The molecule has 40 heavy (non-hydrogen) atoms. The Bertz CT molecular complexity index is 1370. The van der Waals surface area contributed by atoms with E-state index < -0.39 is 29.9 Å². The van der Waals surface area contributed by atoms with Gasteiger partial charge in [-0.25, -0.2) is 4.79 Å². The van der Waals surface area contributed by atoms with E-state index in [2.05, 4.69) is 20.6 Å². The monoisotopic (exact) mass is 547 g/mol. The van der Waals surface area contributed by atoms with Crippen LogP contribution in [0, 0.1) is 5.92 Å². The van der Waals surface area contributed by atoms with E-state index in [-0.39, 0.29) is 36.4 Å². The summed E-state index contributed by atoms with van der Waals surface area (Å²) in [6.07, 6.45) is 2.28. The highest BCUT2D eigenvalue weighted by atomic mass is 16.4. The Balaban J connectivity index is 1.49. The first-order chi connectivity index (χ1) is 19.2. The molecule has 2 atom stereocenters. The number of oxazole rings is 1. The average Bonchev–Trinajstić information content (AvgIpc) is 3.53. The van der Waals surface area contributed by atoms with Gasteiger partial charge >= 0.3 is 23.5 Å². The summed E-state index contributed by atoms with van der Waals surface area (Å²) in [5.74, 6) is -2.06. The van der Waals surface area contributed by atoms with Crippen LogP contribution in [0.25, 0.3) is 11.1 Å². The molecule has 2 amide bonds. The molecule has 1 aliphatic carbocycles. The van der Waals surface area contributed by atoms with Gasteiger partial charge in [0.25, 0.3) is 0 Å². The zero-order chi connectivity index (χ0) is 28.8. The van der Waals surface area contributed by atoms with Crippen molar-refractivity contribution in [3.05, 3.63) is 77.5 Å². The number of hydrogen-bond donors (Lipinski definition) is 5. The van der Waals surface area contributed by atoms with E-state index in [4.69, 9.17) is 15.9 Å². The SMILES string of the molecule is CC(C)CC(NC(=O)C1c2ccccc2-c2ccccc21)c1[nH+]c(C(=O)N[C@@H](CCCN=C(N)N)C(=O)O)co1. The number of nitrogens with one attached hydrogen (secondary N) is 3. The maximum Gasteiger partial charge on any atom is 0.369 e. The molecule has 11 heteroatoms. The molecule has 2 aromatic carbocycles. The first-order valence-electron chi connectivity index (χ1n) is 13.2. The number of benzene rings is 2. The molecule has 8 N–H and O–H groups in total. The molecular weight excluding hydrogens is 512 g/mol. The highest BCUT2D eigenvalue weighted by Gasteiger charge is 2.37. The fraction of sp³-hybridized carbons (Fsp3) is 0.345. The molecule has 1 unspecified atom stereocenters. The third kappa shape index (κ3) is 6.48. The van der Waals surface area contributed by atoms with Crippen molar-refractivity contribution in [3.63, 3.8) is 0 Å². The second-order valence-electron chi connectivity index (χ2n) is 10.2. The van der Waals surface area contributed by atoms with Gasteiger partial charge in [0.2, 0.25) is 5.91 Å². The lowest BCUT2D eigenvalue weighted by Crippen LogP contribution is -2.43. The molecule has 0 saturated heterocycles. The van der Waals surface area contributed by atoms with E-state index in [0.717, 1.165) is 22.3 Å². The predicted octanol–water partition coefficient (Wildman–Crippen LogP) is 2.35. The van der Waals surface area contributed by atoms with Gasteiger partial charge in [0, 0.05) is 6.54 Å². The fourth-order valence-electron chi connectivity index (χ4n) is 4.99. The molecular formula is C29H35N6O5+. The van der Waals surface area contributed by atoms with Gasteiger partial charge in [-0.2, -0.15) is 4.98 Å². The Morgan fingerprint density at radius 1 is 1.02 bits per heavy atom. The first kappa shape index (κ1) is 28.3. The van der Waals surface area contributed by atoms with Crippen LogP contribution in [-0.2, 0) is 9.59 Å². The number of hydrogen-bond acceptors (Lipinski definition) is 5. The largest absolute Gasteiger partial charge is 0.480 e. The van der Waals surface area contributed by atoms with Crippen LogP contribution in [0.2, 0.25) is 0 Å². The number of aromatic nitrogens is 1. The second kappa shape index (κ2) is 12.5. The van der Waals surface area contributed by atoms with Gasteiger partial charge in [0.15, 0.2) is 18.3 Å². The van der Waals surface area contributed by atoms with Crippen molar-refractivity contribution in [2.45, 2.75) is 51.1 Å². The molecule has 0 aliphatic heterocycles. The van der Waals surface area contributed by atoms with Gasteiger partial charge in [-0.3, -0.25) is 14.6 Å². The highest BCUT2D eigenvalue weighted by molar-refractivity contribution is 5.96. The van der Waals surface area contributed by atoms with E-state index in [9.17, 15) is 19.5 Å². The van der Waals surface area contributed by atoms with E-state index in [1.807, 2.05) is 62.4 Å². The molecule has 3 aromatic rings. The summed E-state index contributed by atoms with van der Waals surface area (Å²) in [5.41, 5.74) is 14.6. The number of H-pyrrole nitrogens is 1. The van der Waals surface area contributed by atoms with E-state index in [1.165, 1.54) is 6.26 Å². The fourth-order valence-corrected chi connectivity index (χ4v) is 4.99. The molecule has 4 rings (SSSR count). The van der Waals surface area contributed by atoms with Crippen LogP contribution in [0.1, 0.15) is 72.6 Å². The smallest absolute Gasteiger partial charge is 0.369 e. The van der Waals surface area contributed by atoms with Gasteiger partial charge in [-0.05, 0) is 47.4 Å². The predicted molar refractivity (Wildman–Crippen MR) is 148 cm³/mol. The minimum Gasteiger partial charge on any atom is -0.480 e. The van der Waals surface area contributed by atoms with Crippen molar-refractivity contribution in [1.82, 2.24) is 10.6 Å². The lowest BCUT2D eigenvalue weighted by molar-refractivity contribution is -0.405. The van der Waals surface area contributed by atoms with Crippen LogP contribution in [0.4, 0.5) is 0 Å². The molecule has 0 radical (unpaired) electrons. The van der Waals surface area contributed by atoms with E-state index >= 15 is 0 Å². The maximum absolute atomic E-state index is 13.7. The van der Waals surface area contributed by atoms with Crippen molar-refractivity contribution < 1.29 is 28.9 Å². The van der Waals surface area contributed by atoms with Gasteiger partial charge in [0.1, 0.15) is 6.04 Å². The summed E-state index contributed by atoms with van der Waals surface area (Å²) in [4.78, 5) is 45.0. The zero-order valence-electron chi connectivity index (χ0n) is 22.5. The molecule has 0 saturated carbocycles. The van der Waals surface area contributed by atoms with Crippen molar-refractivity contribution >= 4 is 23.7 Å². The van der Waals surface area contributed by atoms with Crippen LogP contribution >= 0.6 is 0 Å². The Morgan fingerprint density at radius 2 is 1.65 bits per heavy atom. The van der Waals surface area contributed by atoms with Crippen molar-refractivity contribution in [3.8, 4) is 11.1 Å². The number of nitrogens with two attached hydrogens (primary N) is 2. The van der Waals surface area contributed by atoms with Crippen LogP contribution in [-0.4, -0.2) is 41.4 Å². The topological polar surface area (TPSA) is 187 Å². The number of rotatable bonds is 12. The van der Waals surface area contributed by atoms with Crippen molar-refractivity contribution in [2.24, 2.45) is 22.4 Å². The van der Waals surface area contributed by atoms with E-state index in [0.29, 0.717) is 18.7 Å². The molecule has 11 nitrogen and oxygen atoms in total. The highest BCUT2D eigenvalue weighted by Crippen LogP contribution is 2.44. The number of fused-ring (bicyclic) bond motifs is 3. The second-order valence-corrected chi connectivity index (χ2v) is 10.2. The molecule has 210 valence electrons. The summed E-state index contributed by atoms with van der Waals surface area (Å²) in [7, 11) is 0. The average molecular weight is 548 g/mol. The summed E-state index contributed by atoms with van der Waals surface area (Å²) in [6.45, 7) is 4.29. The summed E-state index contributed by atoms with van der Waals surface area (Å²) in [6, 6.07) is 14.1. The Kier molecular flexibility index (Phi) is 8.83. The van der Waals surface area contributed by atoms with Gasteiger partial charge in [0.05, 0.1) is 5.92 Å². The van der Waals surface area contributed by atoms with Crippen LogP contribution < -0.4 is 27.1 Å². The van der Waals surface area contributed by atoms with Crippen LogP contribution in [0.15, 0.2) is 64.2 Å². The number of aromatic amines is 1. The molecule has 1 aromatic heterocycles. The summed E-state index contributed by atoms with van der Waals surface area (Å²) in [5, 5.41) is 15.1. The van der Waals surface area contributed by atoms with Gasteiger partial charge in [-0.1, -0.05) is 62.4 Å². The van der Waals surface area contributed by atoms with Gasteiger partial charge in [-0.15, -0.1) is 0 Å². The number of carboxylic acid groups (broad SMARTS) is 1. The molecule has 0 bridgehead atoms. The molecule has 0 spiro atoms. The number of aliphatic imine (C=N–C) groups is 1. The lowest BCUT2D eigenvalue weighted by Gasteiger charge is -2.19. The maximum atomic E-state index is 13.7. The number of aliphatic carboxylic acids is 1. The number of carboxylic acids is 1. The van der Waals surface area contributed by atoms with Crippen molar-refractivity contribution in [1.29, 1.82) is 0 Å². The summed E-state index contributed by atoms with van der Waals surface area (Å²) >= 11 is 0. The summed E-state index contributed by atoms with van der Waals surface area (Å²) < 4.78 is 5.69. The number of carbonyl (C=O) groups excluding carboxylic acids is 2. The minimum atomic E-state index is -1.18. The number of guanidine groups is 1. The van der Waals surface area contributed by atoms with E-state index in [1.54, 1.807) is 0 Å². The molecule has 1 aliphatic rings. The number of carbonyl (C=O) groups is 3. The molecule has 1 heterocycles. The lowest BCUT2D eigenvalue weighted by atomic mass is 9.95. The van der Waals surface area contributed by atoms with Crippen LogP contribution in [0.5, 0.6) is 0 Å². The normalized spacial score (nSPS) is 13.7. The quantitative estimate of drug-likeness (QED) is 0.131. The number of nitrogens with zero attached hydrogens (tertiary/aromatic N) is 1. The Labute approximate surface area is 232 Å². The molecule has 0 fully saturated rings.